The van der Waals surface area contributed by atoms with E-state index in [0.29, 0.717) is 0 Å². The Morgan fingerprint density at radius 3 is 1.55 bits per heavy atom. The highest BCUT2D eigenvalue weighted by molar-refractivity contribution is 4.80. The summed E-state index contributed by atoms with van der Waals surface area (Å²) >= 11 is 0. The zero-order chi connectivity index (χ0) is 8.69. The molecule has 0 amide bonds. The Labute approximate surface area is 72.4 Å². The molecule has 2 unspecified atom stereocenters. The van der Waals surface area contributed by atoms with E-state index in [2.05, 4.69) is 27.7 Å². The Hall–Kier alpha value is 0. The van der Waals surface area contributed by atoms with Crippen LogP contribution < -0.4 is 0 Å². The molecule has 68 valence electrons. The van der Waals surface area contributed by atoms with Crippen LogP contribution in [0, 0.1) is 11.8 Å². The molecule has 0 spiro atoms. The van der Waals surface area contributed by atoms with E-state index in [0.717, 1.165) is 11.8 Å². The molecule has 1 fully saturated rings. The summed E-state index contributed by atoms with van der Waals surface area (Å²) in [5.41, 5.74) is 0. The lowest BCUT2D eigenvalue weighted by Gasteiger charge is -1.79. The molecule has 0 aliphatic heterocycles. The van der Waals surface area contributed by atoms with Crippen molar-refractivity contribution in [2.24, 2.45) is 11.8 Å². The highest BCUT2D eigenvalue weighted by atomic mass is 14.3. The number of unbranched alkanes of at least 4 members (excludes halogenated alkanes) is 2. The molecule has 1 rings (SSSR count). The molecule has 0 N–H and O–H groups in total. The Morgan fingerprint density at radius 1 is 1.09 bits per heavy atom. The fraction of sp³-hybridized carbons (Fsp3) is 1.00. The van der Waals surface area contributed by atoms with Gasteiger partial charge in [0.1, 0.15) is 0 Å². The first kappa shape index (κ1) is 11.0. The number of hydrogen-bond acceptors (Lipinski definition) is 0. The summed E-state index contributed by atoms with van der Waals surface area (Å²) < 4.78 is 0. The van der Waals surface area contributed by atoms with Gasteiger partial charge in [-0.2, -0.15) is 0 Å². The van der Waals surface area contributed by atoms with Crippen LogP contribution in [0.1, 0.15) is 59.8 Å². The van der Waals surface area contributed by atoms with Crippen LogP contribution in [0.4, 0.5) is 0 Å². The van der Waals surface area contributed by atoms with E-state index < -0.39 is 0 Å². The zero-order valence-electron chi connectivity index (χ0n) is 8.69. The van der Waals surface area contributed by atoms with Gasteiger partial charge < -0.3 is 0 Å². The second-order valence-corrected chi connectivity index (χ2v) is 3.73. The summed E-state index contributed by atoms with van der Waals surface area (Å²) in [6.45, 7) is 9.02. The molecule has 0 aromatic heterocycles. The van der Waals surface area contributed by atoms with Gasteiger partial charge in [-0.15, -0.1) is 0 Å². The Kier molecular flexibility index (Phi) is 6.69. The molecule has 1 aliphatic rings. The van der Waals surface area contributed by atoms with Crippen LogP contribution in [-0.4, -0.2) is 0 Å². The summed E-state index contributed by atoms with van der Waals surface area (Å²) in [6.07, 6.45) is 6.98. The van der Waals surface area contributed by atoms with Crippen molar-refractivity contribution in [1.82, 2.24) is 0 Å². The fourth-order valence-corrected chi connectivity index (χ4v) is 1.32. The van der Waals surface area contributed by atoms with Crippen molar-refractivity contribution in [3.05, 3.63) is 0 Å². The molecule has 2 atom stereocenters. The van der Waals surface area contributed by atoms with E-state index in [1.165, 1.54) is 32.1 Å². The van der Waals surface area contributed by atoms with Crippen molar-refractivity contribution in [3.63, 3.8) is 0 Å². The maximum Gasteiger partial charge on any atom is -0.0388 e. The average Bonchev–Trinajstić information content (AvgIpc) is 2.69. The minimum atomic E-state index is 1.06. The van der Waals surface area contributed by atoms with Crippen LogP contribution in [0.5, 0.6) is 0 Å². The van der Waals surface area contributed by atoms with Gasteiger partial charge in [-0.1, -0.05) is 53.4 Å². The van der Waals surface area contributed by atoms with Gasteiger partial charge in [0.2, 0.25) is 0 Å². The molecule has 1 aliphatic carbocycles. The van der Waals surface area contributed by atoms with Crippen LogP contribution in [-0.2, 0) is 0 Å². The van der Waals surface area contributed by atoms with Gasteiger partial charge in [0.25, 0.3) is 0 Å². The molecule has 0 aromatic rings. The van der Waals surface area contributed by atoms with Crippen molar-refractivity contribution in [2.75, 3.05) is 0 Å². The van der Waals surface area contributed by atoms with Crippen molar-refractivity contribution in [2.45, 2.75) is 59.8 Å². The van der Waals surface area contributed by atoms with Crippen molar-refractivity contribution >= 4 is 0 Å². The van der Waals surface area contributed by atoms with Gasteiger partial charge in [0.15, 0.2) is 0 Å². The summed E-state index contributed by atoms with van der Waals surface area (Å²) in [5.74, 6) is 2.17. The smallest absolute Gasteiger partial charge is 0.0388 e. The van der Waals surface area contributed by atoms with Gasteiger partial charge in [0.05, 0.1) is 0 Å². The molecular formula is C11H24. The lowest BCUT2D eigenvalue weighted by molar-refractivity contribution is 0.724. The van der Waals surface area contributed by atoms with E-state index in [4.69, 9.17) is 0 Å². The molecule has 0 radical (unpaired) electrons. The molecule has 0 saturated heterocycles. The summed E-state index contributed by atoms with van der Waals surface area (Å²) in [7, 11) is 0. The molecule has 0 aromatic carbocycles. The molecule has 0 heteroatoms. The molecule has 1 saturated carbocycles. The maximum absolute atomic E-state index is 2.33. The van der Waals surface area contributed by atoms with E-state index in [1.54, 1.807) is 0 Å². The topological polar surface area (TPSA) is 0 Å². The molecule has 0 nitrogen and oxygen atoms in total. The zero-order valence-corrected chi connectivity index (χ0v) is 8.69. The predicted octanol–water partition coefficient (Wildman–Crippen LogP) is 4.25. The summed E-state index contributed by atoms with van der Waals surface area (Å²) in [6, 6.07) is 0. The standard InChI is InChI=1S/C6H12.C5H12/c1-3-6-4-5(6)2;1-3-5-4-2/h5-6H,3-4H2,1-2H3;3-5H2,1-2H3. The first-order valence-corrected chi connectivity index (χ1v) is 5.26. The minimum absolute atomic E-state index is 1.06. The third-order valence-electron chi connectivity index (χ3n) is 2.51. The van der Waals surface area contributed by atoms with Crippen molar-refractivity contribution in [3.8, 4) is 0 Å². The predicted molar refractivity (Wildman–Crippen MR) is 52.8 cm³/mol. The first-order chi connectivity index (χ1) is 5.26. The number of rotatable bonds is 3. The van der Waals surface area contributed by atoms with Crippen LogP contribution in [0.2, 0.25) is 0 Å². The van der Waals surface area contributed by atoms with E-state index in [-0.39, 0.29) is 0 Å². The van der Waals surface area contributed by atoms with Crippen molar-refractivity contribution < 1.29 is 0 Å². The average molecular weight is 156 g/mol. The first-order valence-electron chi connectivity index (χ1n) is 5.26. The number of hydrogen-bond donors (Lipinski definition) is 0. The summed E-state index contributed by atoms with van der Waals surface area (Å²) in [5, 5.41) is 0. The largest absolute Gasteiger partial charge is 0.0654 e. The highest BCUT2D eigenvalue weighted by Gasteiger charge is 2.29. The minimum Gasteiger partial charge on any atom is -0.0654 e. The van der Waals surface area contributed by atoms with Gasteiger partial charge in [0, 0.05) is 0 Å². The lowest BCUT2D eigenvalue weighted by atomic mass is 10.3. The summed E-state index contributed by atoms with van der Waals surface area (Å²) in [4.78, 5) is 0. The van der Waals surface area contributed by atoms with Gasteiger partial charge >= 0.3 is 0 Å². The fourth-order valence-electron chi connectivity index (χ4n) is 1.32. The van der Waals surface area contributed by atoms with Crippen LogP contribution >= 0.6 is 0 Å². The second-order valence-electron chi connectivity index (χ2n) is 3.73. The Balaban J connectivity index is 0.000000187. The Morgan fingerprint density at radius 2 is 1.55 bits per heavy atom. The van der Waals surface area contributed by atoms with Gasteiger partial charge in [-0.3, -0.25) is 0 Å². The molecule has 0 bridgehead atoms. The third-order valence-corrected chi connectivity index (χ3v) is 2.51. The SMILES string of the molecule is CCC1CC1C.CCCCC. The maximum atomic E-state index is 2.33. The van der Waals surface area contributed by atoms with E-state index in [1.807, 2.05) is 0 Å². The van der Waals surface area contributed by atoms with Gasteiger partial charge in [-0.25, -0.2) is 0 Å². The van der Waals surface area contributed by atoms with E-state index >= 15 is 0 Å². The van der Waals surface area contributed by atoms with Crippen molar-refractivity contribution in [1.29, 1.82) is 0 Å². The third kappa shape index (κ3) is 6.40. The van der Waals surface area contributed by atoms with E-state index in [9.17, 15) is 0 Å². The Bertz CT molecular complexity index is 72.1. The van der Waals surface area contributed by atoms with Crippen LogP contribution in [0.25, 0.3) is 0 Å². The quantitative estimate of drug-likeness (QED) is 0.573. The van der Waals surface area contributed by atoms with Crippen LogP contribution in [0.15, 0.2) is 0 Å². The molecule has 0 heterocycles. The molecular weight excluding hydrogens is 132 g/mol. The molecule has 11 heavy (non-hydrogen) atoms. The highest BCUT2D eigenvalue weighted by Crippen LogP contribution is 2.39. The lowest BCUT2D eigenvalue weighted by Crippen LogP contribution is -1.68. The van der Waals surface area contributed by atoms with Gasteiger partial charge in [-0.05, 0) is 18.3 Å². The normalized spacial score (nSPS) is 27.3. The monoisotopic (exact) mass is 156 g/mol. The van der Waals surface area contributed by atoms with Crippen LogP contribution in [0.3, 0.4) is 0 Å². The second kappa shape index (κ2) is 6.69.